The lowest BCUT2D eigenvalue weighted by Crippen LogP contribution is -2.14. The van der Waals surface area contributed by atoms with E-state index in [0.29, 0.717) is 17.1 Å². The highest BCUT2D eigenvalue weighted by Gasteiger charge is 2.15. The van der Waals surface area contributed by atoms with Gasteiger partial charge in [-0.3, -0.25) is 5.10 Å². The number of aryl methyl sites for hydroxylation is 2. The zero-order valence-electron chi connectivity index (χ0n) is 16.1. The van der Waals surface area contributed by atoms with E-state index in [1.165, 1.54) is 6.26 Å². The third-order valence-corrected chi connectivity index (χ3v) is 5.57. The lowest BCUT2D eigenvalue weighted by atomic mass is 10.1. The van der Waals surface area contributed by atoms with E-state index < -0.39 is 9.84 Å². The van der Waals surface area contributed by atoms with Crippen LogP contribution in [0.5, 0.6) is 0 Å². The van der Waals surface area contributed by atoms with Crippen LogP contribution >= 0.6 is 0 Å². The molecule has 2 aromatic heterocycles. The molecule has 8 heteroatoms. The molecule has 0 aliphatic carbocycles. The SMILES string of the molecule is Cc1cc(Cc2nccc(N(C)c3n[nH]c(C)c3C)n2)cc(S(C)(=O)=O)c1. The normalized spacial score (nSPS) is 11.6. The van der Waals surface area contributed by atoms with Gasteiger partial charge in [-0.1, -0.05) is 6.07 Å². The molecule has 142 valence electrons. The van der Waals surface area contributed by atoms with Crippen molar-refractivity contribution in [3.8, 4) is 0 Å². The largest absolute Gasteiger partial charge is 0.312 e. The topological polar surface area (TPSA) is 91.8 Å². The molecular weight excluding hydrogens is 362 g/mol. The molecule has 0 aliphatic rings. The van der Waals surface area contributed by atoms with Gasteiger partial charge in [0.2, 0.25) is 0 Å². The fourth-order valence-corrected chi connectivity index (χ4v) is 3.66. The third-order valence-electron chi connectivity index (χ3n) is 4.48. The molecule has 0 saturated heterocycles. The number of hydrogen-bond acceptors (Lipinski definition) is 6. The zero-order valence-corrected chi connectivity index (χ0v) is 16.9. The molecule has 7 nitrogen and oxygen atoms in total. The Morgan fingerprint density at radius 1 is 1.15 bits per heavy atom. The van der Waals surface area contributed by atoms with Crippen LogP contribution in [0.3, 0.4) is 0 Å². The minimum atomic E-state index is -3.26. The Bertz CT molecular complexity index is 1090. The number of H-pyrrole nitrogens is 1. The van der Waals surface area contributed by atoms with E-state index in [0.717, 1.165) is 34.0 Å². The van der Waals surface area contributed by atoms with Crippen molar-refractivity contribution in [3.05, 3.63) is 58.7 Å². The molecule has 0 aliphatic heterocycles. The summed E-state index contributed by atoms with van der Waals surface area (Å²) in [6.07, 6.45) is 3.37. The highest BCUT2D eigenvalue weighted by Crippen LogP contribution is 2.25. The summed E-state index contributed by atoms with van der Waals surface area (Å²) in [6.45, 7) is 5.86. The zero-order chi connectivity index (χ0) is 19.8. The number of benzene rings is 1. The molecule has 27 heavy (non-hydrogen) atoms. The Balaban J connectivity index is 1.91. The van der Waals surface area contributed by atoms with E-state index in [4.69, 9.17) is 0 Å². The van der Waals surface area contributed by atoms with Crippen LogP contribution in [0.2, 0.25) is 0 Å². The molecule has 0 radical (unpaired) electrons. The van der Waals surface area contributed by atoms with E-state index >= 15 is 0 Å². The number of anilines is 2. The fraction of sp³-hybridized carbons (Fsp3) is 0.316. The van der Waals surface area contributed by atoms with Crippen molar-refractivity contribution in [1.29, 1.82) is 0 Å². The van der Waals surface area contributed by atoms with Crippen LogP contribution in [0.25, 0.3) is 0 Å². The first-order chi connectivity index (χ1) is 12.6. The number of aromatic amines is 1. The molecule has 1 aromatic carbocycles. The molecule has 0 amide bonds. The highest BCUT2D eigenvalue weighted by molar-refractivity contribution is 7.90. The number of nitrogens with one attached hydrogen (secondary N) is 1. The first-order valence-corrected chi connectivity index (χ1v) is 10.4. The van der Waals surface area contributed by atoms with Crippen LogP contribution in [-0.4, -0.2) is 41.9 Å². The molecular formula is C19H23N5O2S. The summed E-state index contributed by atoms with van der Waals surface area (Å²) >= 11 is 0. The van der Waals surface area contributed by atoms with Crippen LogP contribution < -0.4 is 4.90 Å². The number of rotatable bonds is 5. The summed E-state index contributed by atoms with van der Waals surface area (Å²) in [6, 6.07) is 7.14. The Hall–Kier alpha value is -2.74. The first-order valence-electron chi connectivity index (χ1n) is 8.53. The molecule has 1 N–H and O–H groups in total. The van der Waals surface area contributed by atoms with E-state index in [1.807, 2.05) is 44.9 Å². The summed E-state index contributed by atoms with van der Waals surface area (Å²) in [5.74, 6) is 2.16. The van der Waals surface area contributed by atoms with E-state index in [1.54, 1.807) is 18.3 Å². The second-order valence-corrected chi connectivity index (χ2v) is 8.81. The Labute approximate surface area is 159 Å². The maximum atomic E-state index is 11.9. The lowest BCUT2D eigenvalue weighted by Gasteiger charge is -2.17. The van der Waals surface area contributed by atoms with Crippen LogP contribution in [0.4, 0.5) is 11.6 Å². The van der Waals surface area contributed by atoms with Gasteiger partial charge in [-0.25, -0.2) is 18.4 Å². The minimum Gasteiger partial charge on any atom is -0.312 e. The smallest absolute Gasteiger partial charge is 0.175 e. The first kappa shape index (κ1) is 19.0. The summed E-state index contributed by atoms with van der Waals surface area (Å²) in [4.78, 5) is 11.2. The third kappa shape index (κ3) is 4.16. The maximum absolute atomic E-state index is 11.9. The molecule has 3 aromatic rings. The van der Waals surface area contributed by atoms with Crippen molar-refractivity contribution >= 4 is 21.5 Å². The molecule has 0 bridgehead atoms. The average molecular weight is 385 g/mol. The molecule has 0 saturated carbocycles. The van der Waals surface area contributed by atoms with Crippen molar-refractivity contribution in [1.82, 2.24) is 20.2 Å². The molecule has 0 spiro atoms. The van der Waals surface area contributed by atoms with Gasteiger partial charge >= 0.3 is 0 Å². The van der Waals surface area contributed by atoms with Crippen molar-refractivity contribution in [3.63, 3.8) is 0 Å². The quantitative estimate of drug-likeness (QED) is 0.726. The van der Waals surface area contributed by atoms with Gasteiger partial charge in [0.1, 0.15) is 11.6 Å². The second kappa shape index (κ2) is 7.11. The van der Waals surface area contributed by atoms with Crippen molar-refractivity contribution < 1.29 is 8.42 Å². The van der Waals surface area contributed by atoms with Gasteiger partial charge < -0.3 is 4.90 Å². The van der Waals surface area contributed by atoms with E-state index in [9.17, 15) is 8.42 Å². The van der Waals surface area contributed by atoms with Gasteiger partial charge in [-0.2, -0.15) is 5.10 Å². The maximum Gasteiger partial charge on any atom is 0.175 e. The highest BCUT2D eigenvalue weighted by atomic mass is 32.2. The standard InChI is InChI=1S/C19H23N5O2S/c1-12-8-15(10-16(9-12)27(5,25)26)11-17-20-7-6-18(21-17)24(4)19-13(2)14(3)22-23-19/h6-10H,11H2,1-5H3,(H,22,23). The monoisotopic (exact) mass is 385 g/mol. The Morgan fingerprint density at radius 3 is 2.52 bits per heavy atom. The average Bonchev–Trinajstić information content (AvgIpc) is 2.92. The molecule has 3 rings (SSSR count). The number of hydrogen-bond donors (Lipinski definition) is 1. The van der Waals surface area contributed by atoms with Gasteiger partial charge in [-0.15, -0.1) is 0 Å². The van der Waals surface area contributed by atoms with Gasteiger partial charge in [0.25, 0.3) is 0 Å². The minimum absolute atomic E-state index is 0.313. The second-order valence-electron chi connectivity index (χ2n) is 6.79. The van der Waals surface area contributed by atoms with Crippen LogP contribution in [0.15, 0.2) is 35.4 Å². The summed E-state index contributed by atoms with van der Waals surface area (Å²) in [7, 11) is -1.36. The molecule has 2 heterocycles. The number of nitrogens with zero attached hydrogens (tertiary/aromatic N) is 4. The van der Waals surface area contributed by atoms with Gasteiger partial charge in [0, 0.05) is 37.2 Å². The summed E-state index contributed by atoms with van der Waals surface area (Å²) in [5.41, 5.74) is 3.83. The summed E-state index contributed by atoms with van der Waals surface area (Å²) in [5, 5.41) is 7.31. The molecule has 0 fully saturated rings. The van der Waals surface area contributed by atoms with Gasteiger partial charge in [-0.05, 0) is 50.1 Å². The van der Waals surface area contributed by atoms with Crippen LogP contribution in [0, 0.1) is 20.8 Å². The predicted molar refractivity (Wildman–Crippen MR) is 105 cm³/mol. The molecule has 0 unspecified atom stereocenters. The van der Waals surface area contributed by atoms with Crippen LogP contribution in [0.1, 0.15) is 28.2 Å². The summed E-state index contributed by atoms with van der Waals surface area (Å²) < 4.78 is 23.8. The fourth-order valence-electron chi connectivity index (χ4n) is 2.89. The Kier molecular flexibility index (Phi) is 5.01. The van der Waals surface area contributed by atoms with Gasteiger partial charge in [0.05, 0.1) is 4.90 Å². The van der Waals surface area contributed by atoms with E-state index in [2.05, 4.69) is 20.2 Å². The lowest BCUT2D eigenvalue weighted by molar-refractivity contribution is 0.601. The number of aromatic nitrogens is 4. The van der Waals surface area contributed by atoms with Crippen molar-refractivity contribution in [2.24, 2.45) is 0 Å². The van der Waals surface area contributed by atoms with Gasteiger partial charge in [0.15, 0.2) is 15.7 Å². The Morgan fingerprint density at radius 2 is 1.89 bits per heavy atom. The van der Waals surface area contributed by atoms with Crippen LogP contribution in [-0.2, 0) is 16.3 Å². The van der Waals surface area contributed by atoms with Crippen molar-refractivity contribution in [2.75, 3.05) is 18.2 Å². The predicted octanol–water partition coefficient (Wildman–Crippen LogP) is 2.89. The van der Waals surface area contributed by atoms with E-state index in [-0.39, 0.29) is 0 Å². The number of sulfone groups is 1. The molecule has 0 atom stereocenters. The van der Waals surface area contributed by atoms with Crippen molar-refractivity contribution in [2.45, 2.75) is 32.1 Å².